The summed E-state index contributed by atoms with van der Waals surface area (Å²) in [7, 11) is 0. The normalized spacial score (nSPS) is 24.1. The van der Waals surface area contributed by atoms with Crippen LogP contribution < -0.4 is 4.90 Å². The van der Waals surface area contributed by atoms with Gasteiger partial charge >= 0.3 is 5.82 Å². The van der Waals surface area contributed by atoms with Gasteiger partial charge in [-0.2, -0.15) is 0 Å². The van der Waals surface area contributed by atoms with Crippen molar-refractivity contribution >= 4 is 23.1 Å². The van der Waals surface area contributed by atoms with Crippen LogP contribution in [0.25, 0.3) is 0 Å². The van der Waals surface area contributed by atoms with Gasteiger partial charge in [0.05, 0.1) is 23.8 Å². The minimum Gasteiger partial charge on any atom is -0.375 e. The standard InChI is InChI=1S/C11H14ClN3O3/c1-7-8(2)18-4-3-14(7)10-5-9(12)6-13-11(10)15(16)17/h5-8H,3-4H2,1-2H3. The van der Waals surface area contributed by atoms with Crippen LogP contribution in [0, 0.1) is 10.1 Å². The van der Waals surface area contributed by atoms with Gasteiger partial charge in [0.25, 0.3) is 0 Å². The molecule has 1 aromatic rings. The molecule has 7 heteroatoms. The molecule has 6 nitrogen and oxygen atoms in total. The molecule has 2 unspecified atom stereocenters. The van der Waals surface area contributed by atoms with Crippen molar-refractivity contribution in [2.24, 2.45) is 0 Å². The molecule has 98 valence electrons. The second kappa shape index (κ2) is 5.07. The molecule has 0 spiro atoms. The number of nitro groups is 1. The molecule has 2 atom stereocenters. The summed E-state index contributed by atoms with van der Waals surface area (Å²) in [6, 6.07) is 1.62. The number of aromatic nitrogens is 1. The summed E-state index contributed by atoms with van der Waals surface area (Å²) < 4.78 is 5.51. The van der Waals surface area contributed by atoms with E-state index >= 15 is 0 Å². The minimum atomic E-state index is -0.488. The number of rotatable bonds is 2. The molecule has 0 N–H and O–H groups in total. The SMILES string of the molecule is CC1OCCN(c2cc(Cl)cnc2[N+](=O)[O-])C1C. The van der Waals surface area contributed by atoms with Gasteiger partial charge in [0, 0.05) is 6.54 Å². The van der Waals surface area contributed by atoms with E-state index in [4.69, 9.17) is 16.3 Å². The fraction of sp³-hybridized carbons (Fsp3) is 0.545. The molecular formula is C11H14ClN3O3. The van der Waals surface area contributed by atoms with E-state index in [1.165, 1.54) is 6.20 Å². The van der Waals surface area contributed by atoms with Crippen LogP contribution in [0.2, 0.25) is 5.02 Å². The Morgan fingerprint density at radius 2 is 2.33 bits per heavy atom. The Labute approximate surface area is 110 Å². The third kappa shape index (κ3) is 2.39. The first-order chi connectivity index (χ1) is 8.50. The molecule has 1 aromatic heterocycles. The highest BCUT2D eigenvalue weighted by molar-refractivity contribution is 6.30. The summed E-state index contributed by atoms with van der Waals surface area (Å²) in [5, 5.41) is 11.4. The van der Waals surface area contributed by atoms with Crippen molar-refractivity contribution in [2.75, 3.05) is 18.1 Å². The van der Waals surface area contributed by atoms with E-state index in [1.54, 1.807) is 6.07 Å². The smallest absolute Gasteiger partial charge is 0.375 e. The van der Waals surface area contributed by atoms with Gasteiger partial charge in [0.1, 0.15) is 5.69 Å². The minimum absolute atomic E-state index is 0.0114. The highest BCUT2D eigenvalue weighted by atomic mass is 35.5. The van der Waals surface area contributed by atoms with Crippen LogP contribution in [0.3, 0.4) is 0 Å². The quantitative estimate of drug-likeness (QED) is 0.610. The van der Waals surface area contributed by atoms with Gasteiger partial charge in [-0.15, -0.1) is 0 Å². The Kier molecular flexibility index (Phi) is 3.68. The maximum absolute atomic E-state index is 11.0. The first-order valence-electron chi connectivity index (χ1n) is 5.69. The van der Waals surface area contributed by atoms with Gasteiger partial charge in [-0.3, -0.25) is 0 Å². The fourth-order valence-corrected chi connectivity index (χ4v) is 2.20. The van der Waals surface area contributed by atoms with Crippen molar-refractivity contribution in [3.8, 4) is 0 Å². The lowest BCUT2D eigenvalue weighted by Crippen LogP contribution is -2.48. The van der Waals surface area contributed by atoms with Crippen LogP contribution in [-0.4, -0.2) is 35.2 Å². The second-order valence-corrected chi connectivity index (χ2v) is 4.70. The first kappa shape index (κ1) is 13.0. The van der Waals surface area contributed by atoms with E-state index < -0.39 is 4.92 Å². The number of morpholine rings is 1. The monoisotopic (exact) mass is 271 g/mol. The van der Waals surface area contributed by atoms with Crippen LogP contribution in [0.4, 0.5) is 11.5 Å². The lowest BCUT2D eigenvalue weighted by Gasteiger charge is -2.38. The second-order valence-electron chi connectivity index (χ2n) is 4.26. The molecule has 0 aromatic carbocycles. The zero-order valence-electron chi connectivity index (χ0n) is 10.2. The van der Waals surface area contributed by atoms with Crippen LogP contribution in [0.5, 0.6) is 0 Å². The number of hydrogen-bond donors (Lipinski definition) is 0. The summed E-state index contributed by atoms with van der Waals surface area (Å²) in [4.78, 5) is 16.2. The maximum atomic E-state index is 11.0. The number of nitrogens with zero attached hydrogens (tertiary/aromatic N) is 3. The summed E-state index contributed by atoms with van der Waals surface area (Å²) >= 11 is 5.88. The third-order valence-electron chi connectivity index (χ3n) is 3.18. The molecule has 0 radical (unpaired) electrons. The van der Waals surface area contributed by atoms with Crippen molar-refractivity contribution in [3.63, 3.8) is 0 Å². The van der Waals surface area contributed by atoms with E-state index in [0.29, 0.717) is 23.9 Å². The van der Waals surface area contributed by atoms with E-state index in [0.717, 1.165) is 0 Å². The zero-order valence-corrected chi connectivity index (χ0v) is 10.9. The average molecular weight is 272 g/mol. The van der Waals surface area contributed by atoms with E-state index in [-0.39, 0.29) is 18.0 Å². The molecular weight excluding hydrogens is 258 g/mol. The van der Waals surface area contributed by atoms with Gasteiger partial charge in [-0.25, -0.2) is 0 Å². The number of ether oxygens (including phenoxy) is 1. The topological polar surface area (TPSA) is 68.5 Å². The Morgan fingerprint density at radius 3 is 3.00 bits per heavy atom. The summed E-state index contributed by atoms with van der Waals surface area (Å²) in [6.07, 6.45) is 1.30. The summed E-state index contributed by atoms with van der Waals surface area (Å²) in [6.45, 7) is 5.04. The van der Waals surface area contributed by atoms with Gasteiger partial charge in [-0.05, 0) is 29.8 Å². The van der Waals surface area contributed by atoms with Gasteiger partial charge in [0.15, 0.2) is 6.20 Å². The summed E-state index contributed by atoms with van der Waals surface area (Å²) in [5.41, 5.74) is 0.454. The molecule has 1 saturated heterocycles. The van der Waals surface area contributed by atoms with E-state index in [2.05, 4.69) is 4.98 Å². The molecule has 2 heterocycles. The van der Waals surface area contributed by atoms with Gasteiger partial charge in [0.2, 0.25) is 0 Å². The molecule has 0 amide bonds. The molecule has 1 aliphatic rings. The van der Waals surface area contributed by atoms with Crippen molar-refractivity contribution in [1.29, 1.82) is 0 Å². The van der Waals surface area contributed by atoms with Gasteiger partial charge < -0.3 is 19.8 Å². The molecule has 2 rings (SSSR count). The average Bonchev–Trinajstić information content (AvgIpc) is 2.32. The Balaban J connectivity index is 2.42. The molecule has 0 aliphatic carbocycles. The number of anilines is 1. The molecule has 0 bridgehead atoms. The van der Waals surface area contributed by atoms with E-state index in [1.807, 2.05) is 18.7 Å². The molecule has 1 fully saturated rings. The van der Waals surface area contributed by atoms with Crippen LogP contribution in [0.1, 0.15) is 13.8 Å². The highest BCUT2D eigenvalue weighted by Crippen LogP contribution is 2.32. The first-order valence-corrected chi connectivity index (χ1v) is 6.06. The number of halogens is 1. The largest absolute Gasteiger partial charge is 0.387 e. The molecule has 18 heavy (non-hydrogen) atoms. The van der Waals surface area contributed by atoms with Crippen molar-refractivity contribution < 1.29 is 9.66 Å². The fourth-order valence-electron chi connectivity index (χ4n) is 2.05. The Bertz CT molecular complexity index is 469. The molecule has 1 aliphatic heterocycles. The lowest BCUT2D eigenvalue weighted by atomic mass is 10.1. The predicted molar refractivity (Wildman–Crippen MR) is 68.1 cm³/mol. The third-order valence-corrected chi connectivity index (χ3v) is 3.39. The number of hydrogen-bond acceptors (Lipinski definition) is 5. The molecule has 0 saturated carbocycles. The predicted octanol–water partition coefficient (Wildman–Crippen LogP) is 2.26. The number of pyridine rings is 1. The Morgan fingerprint density at radius 1 is 1.61 bits per heavy atom. The maximum Gasteiger partial charge on any atom is 0.387 e. The van der Waals surface area contributed by atoms with Crippen LogP contribution in [0.15, 0.2) is 12.3 Å². The van der Waals surface area contributed by atoms with Crippen molar-refractivity contribution in [3.05, 3.63) is 27.4 Å². The lowest BCUT2D eigenvalue weighted by molar-refractivity contribution is -0.388. The highest BCUT2D eigenvalue weighted by Gasteiger charge is 2.31. The summed E-state index contributed by atoms with van der Waals surface area (Å²) in [5.74, 6) is -0.166. The zero-order chi connectivity index (χ0) is 13.3. The van der Waals surface area contributed by atoms with Crippen LogP contribution >= 0.6 is 11.6 Å². The van der Waals surface area contributed by atoms with Crippen molar-refractivity contribution in [1.82, 2.24) is 4.98 Å². The van der Waals surface area contributed by atoms with Gasteiger partial charge in [-0.1, -0.05) is 11.6 Å². The van der Waals surface area contributed by atoms with Crippen LogP contribution in [-0.2, 0) is 4.74 Å². The Hall–Kier alpha value is -1.40. The van der Waals surface area contributed by atoms with Crippen molar-refractivity contribution in [2.45, 2.75) is 26.0 Å². The van der Waals surface area contributed by atoms with E-state index in [9.17, 15) is 10.1 Å².